The fourth-order valence-corrected chi connectivity index (χ4v) is 1.57. The summed E-state index contributed by atoms with van der Waals surface area (Å²) in [7, 11) is 1.87. The molecule has 0 aliphatic heterocycles. The summed E-state index contributed by atoms with van der Waals surface area (Å²) in [5, 5.41) is 13.0. The molecule has 0 radical (unpaired) electrons. The first kappa shape index (κ1) is 9.39. The van der Waals surface area contributed by atoms with Gasteiger partial charge in [-0.3, -0.25) is 4.68 Å². The molecule has 2 aromatic rings. The normalized spacial score (nSPS) is 10.7. The zero-order chi connectivity index (χ0) is 9.97. The standard InChI is InChI=1S/C8H10BrN5/c1-13-6-8(4-10-13)14-5-7(2-3-9)11-12-14/h4-6H,2-3H2,1H3. The van der Waals surface area contributed by atoms with Crippen LogP contribution in [-0.2, 0) is 13.5 Å². The van der Waals surface area contributed by atoms with Gasteiger partial charge in [0.25, 0.3) is 0 Å². The third-order valence-corrected chi connectivity index (χ3v) is 2.24. The first-order valence-electron chi connectivity index (χ1n) is 4.26. The average Bonchev–Trinajstić information content (AvgIpc) is 2.74. The van der Waals surface area contributed by atoms with Gasteiger partial charge in [-0.15, -0.1) is 5.10 Å². The van der Waals surface area contributed by atoms with Crippen molar-refractivity contribution in [1.82, 2.24) is 24.8 Å². The lowest BCUT2D eigenvalue weighted by atomic mass is 10.4. The van der Waals surface area contributed by atoms with Crippen LogP contribution < -0.4 is 0 Å². The number of hydrogen-bond acceptors (Lipinski definition) is 3. The van der Waals surface area contributed by atoms with E-state index in [0.717, 1.165) is 23.1 Å². The highest BCUT2D eigenvalue weighted by molar-refractivity contribution is 9.09. The van der Waals surface area contributed by atoms with Gasteiger partial charge in [-0.05, 0) is 0 Å². The van der Waals surface area contributed by atoms with Crippen molar-refractivity contribution in [3.05, 3.63) is 24.3 Å². The molecule has 0 atom stereocenters. The van der Waals surface area contributed by atoms with E-state index in [-0.39, 0.29) is 0 Å². The Kier molecular flexibility index (Phi) is 2.62. The van der Waals surface area contributed by atoms with E-state index in [4.69, 9.17) is 0 Å². The van der Waals surface area contributed by atoms with Gasteiger partial charge >= 0.3 is 0 Å². The molecule has 2 heterocycles. The van der Waals surface area contributed by atoms with Crippen molar-refractivity contribution in [2.75, 3.05) is 5.33 Å². The lowest BCUT2D eigenvalue weighted by Gasteiger charge is -1.91. The molecule has 6 heteroatoms. The Morgan fingerprint density at radius 1 is 1.43 bits per heavy atom. The molecule has 2 aromatic heterocycles. The molecular formula is C8H10BrN5. The summed E-state index contributed by atoms with van der Waals surface area (Å²) in [6.45, 7) is 0. The average molecular weight is 256 g/mol. The second-order valence-corrected chi connectivity index (χ2v) is 3.76. The van der Waals surface area contributed by atoms with E-state index in [2.05, 4.69) is 31.3 Å². The van der Waals surface area contributed by atoms with E-state index in [1.807, 2.05) is 19.4 Å². The molecule has 14 heavy (non-hydrogen) atoms. The third kappa shape index (κ3) is 1.84. The number of hydrogen-bond donors (Lipinski definition) is 0. The van der Waals surface area contributed by atoms with Crippen molar-refractivity contribution in [1.29, 1.82) is 0 Å². The zero-order valence-electron chi connectivity index (χ0n) is 7.76. The Hall–Kier alpha value is -1.17. The quantitative estimate of drug-likeness (QED) is 0.768. The predicted molar refractivity (Wildman–Crippen MR) is 55.6 cm³/mol. The Labute approximate surface area is 89.9 Å². The van der Waals surface area contributed by atoms with E-state index in [9.17, 15) is 0 Å². The summed E-state index contributed by atoms with van der Waals surface area (Å²) in [6, 6.07) is 0. The van der Waals surface area contributed by atoms with Crippen LogP contribution >= 0.6 is 15.9 Å². The first-order chi connectivity index (χ1) is 6.79. The van der Waals surface area contributed by atoms with E-state index >= 15 is 0 Å². The van der Waals surface area contributed by atoms with E-state index in [1.54, 1.807) is 15.6 Å². The number of aryl methyl sites for hydroxylation is 2. The number of alkyl halides is 1. The molecule has 0 aromatic carbocycles. The summed E-state index contributed by atoms with van der Waals surface area (Å²) in [5.41, 5.74) is 1.91. The van der Waals surface area contributed by atoms with Crippen LogP contribution in [0.5, 0.6) is 0 Å². The maximum Gasteiger partial charge on any atom is 0.104 e. The van der Waals surface area contributed by atoms with Gasteiger partial charge in [0.15, 0.2) is 0 Å². The van der Waals surface area contributed by atoms with Gasteiger partial charge in [0.05, 0.1) is 24.3 Å². The van der Waals surface area contributed by atoms with Gasteiger partial charge < -0.3 is 0 Å². The highest BCUT2D eigenvalue weighted by atomic mass is 79.9. The van der Waals surface area contributed by atoms with Crippen molar-refractivity contribution >= 4 is 15.9 Å². The molecule has 0 aliphatic rings. The molecule has 0 aliphatic carbocycles. The minimum absolute atomic E-state index is 0.889. The zero-order valence-corrected chi connectivity index (χ0v) is 9.35. The summed E-state index contributed by atoms with van der Waals surface area (Å²) in [6.07, 6.45) is 6.46. The minimum atomic E-state index is 0.889. The molecule has 0 unspecified atom stereocenters. The van der Waals surface area contributed by atoms with Crippen LogP contribution in [0.25, 0.3) is 5.69 Å². The summed E-state index contributed by atoms with van der Waals surface area (Å²) >= 11 is 3.36. The highest BCUT2D eigenvalue weighted by Crippen LogP contribution is 2.05. The third-order valence-electron chi connectivity index (χ3n) is 1.85. The van der Waals surface area contributed by atoms with Crippen molar-refractivity contribution in [2.24, 2.45) is 7.05 Å². The number of aromatic nitrogens is 5. The number of rotatable bonds is 3. The molecule has 0 amide bonds. The van der Waals surface area contributed by atoms with Crippen LogP contribution in [0.2, 0.25) is 0 Å². The summed E-state index contributed by atoms with van der Waals surface area (Å²) in [4.78, 5) is 0. The van der Waals surface area contributed by atoms with Crippen molar-refractivity contribution < 1.29 is 0 Å². The fraction of sp³-hybridized carbons (Fsp3) is 0.375. The van der Waals surface area contributed by atoms with Gasteiger partial charge in [-0.1, -0.05) is 21.1 Å². The Morgan fingerprint density at radius 2 is 2.29 bits per heavy atom. The predicted octanol–water partition coefficient (Wildman–Crippen LogP) is 0.938. The topological polar surface area (TPSA) is 48.5 Å². The van der Waals surface area contributed by atoms with Gasteiger partial charge in [-0.2, -0.15) is 5.10 Å². The Balaban J connectivity index is 2.24. The molecule has 5 nitrogen and oxygen atoms in total. The van der Waals surface area contributed by atoms with Gasteiger partial charge in [0, 0.05) is 18.8 Å². The molecule has 0 bridgehead atoms. The van der Waals surface area contributed by atoms with Crippen LogP contribution in [0.15, 0.2) is 18.6 Å². The molecule has 0 saturated carbocycles. The Morgan fingerprint density at radius 3 is 2.93 bits per heavy atom. The SMILES string of the molecule is Cn1cc(-n2cc(CCBr)nn2)cn1. The lowest BCUT2D eigenvalue weighted by molar-refractivity contribution is 0.763. The molecule has 0 N–H and O–H groups in total. The van der Waals surface area contributed by atoms with Crippen LogP contribution in [0.4, 0.5) is 0 Å². The van der Waals surface area contributed by atoms with Crippen LogP contribution in [0.1, 0.15) is 5.69 Å². The minimum Gasteiger partial charge on any atom is -0.274 e. The van der Waals surface area contributed by atoms with Crippen LogP contribution in [0.3, 0.4) is 0 Å². The van der Waals surface area contributed by atoms with Gasteiger partial charge in [-0.25, -0.2) is 4.68 Å². The summed E-state index contributed by atoms with van der Waals surface area (Å²) in [5.74, 6) is 0. The van der Waals surface area contributed by atoms with Crippen LogP contribution in [0, 0.1) is 0 Å². The van der Waals surface area contributed by atoms with Gasteiger partial charge in [0.2, 0.25) is 0 Å². The monoisotopic (exact) mass is 255 g/mol. The maximum atomic E-state index is 4.07. The van der Waals surface area contributed by atoms with E-state index in [0.29, 0.717) is 0 Å². The highest BCUT2D eigenvalue weighted by Gasteiger charge is 2.03. The number of halogens is 1. The van der Waals surface area contributed by atoms with Crippen LogP contribution in [-0.4, -0.2) is 30.1 Å². The second kappa shape index (κ2) is 3.91. The van der Waals surface area contributed by atoms with Crippen molar-refractivity contribution in [3.8, 4) is 5.69 Å². The van der Waals surface area contributed by atoms with Gasteiger partial charge in [0.1, 0.15) is 5.69 Å². The second-order valence-electron chi connectivity index (χ2n) is 2.97. The van der Waals surface area contributed by atoms with E-state index < -0.39 is 0 Å². The van der Waals surface area contributed by atoms with E-state index in [1.165, 1.54) is 0 Å². The maximum absolute atomic E-state index is 4.07. The molecular weight excluding hydrogens is 246 g/mol. The smallest absolute Gasteiger partial charge is 0.104 e. The molecule has 0 spiro atoms. The molecule has 0 saturated heterocycles. The lowest BCUT2D eigenvalue weighted by Crippen LogP contribution is -1.92. The van der Waals surface area contributed by atoms with Crippen molar-refractivity contribution in [3.63, 3.8) is 0 Å². The fourth-order valence-electron chi connectivity index (χ4n) is 1.16. The molecule has 74 valence electrons. The Bertz CT molecular complexity index is 419. The molecule has 2 rings (SSSR count). The largest absolute Gasteiger partial charge is 0.274 e. The van der Waals surface area contributed by atoms with Crippen molar-refractivity contribution in [2.45, 2.75) is 6.42 Å². The number of nitrogens with zero attached hydrogens (tertiary/aromatic N) is 5. The molecule has 0 fully saturated rings. The first-order valence-corrected chi connectivity index (χ1v) is 5.38. The summed E-state index contributed by atoms with van der Waals surface area (Å²) < 4.78 is 3.46.